The van der Waals surface area contributed by atoms with Crippen molar-refractivity contribution in [3.63, 3.8) is 0 Å². The van der Waals surface area contributed by atoms with Gasteiger partial charge in [-0.1, -0.05) is 6.07 Å². The van der Waals surface area contributed by atoms with Gasteiger partial charge in [-0.25, -0.2) is 9.97 Å². The number of amides is 1. The number of hydrogen-bond donors (Lipinski definition) is 1. The van der Waals surface area contributed by atoms with Gasteiger partial charge in [-0.05, 0) is 74.0 Å². The van der Waals surface area contributed by atoms with Gasteiger partial charge in [-0.2, -0.15) is 0 Å². The van der Waals surface area contributed by atoms with Crippen LogP contribution in [0.4, 0.5) is 5.69 Å². The third-order valence-electron chi connectivity index (χ3n) is 5.69. The number of likely N-dealkylation sites (tertiary alicyclic amines) is 1. The summed E-state index contributed by atoms with van der Waals surface area (Å²) in [5, 5.41) is 2.92. The molecule has 0 bridgehead atoms. The highest BCUT2D eigenvalue weighted by Crippen LogP contribution is 2.36. The fraction of sp³-hybridized carbons (Fsp3) is 0.476. The summed E-state index contributed by atoms with van der Waals surface area (Å²) in [5.41, 5.74) is 3.78. The van der Waals surface area contributed by atoms with Gasteiger partial charge in [0.05, 0.1) is 0 Å². The number of aryl methyl sites for hydroxylation is 1. The standard InChI is InChI=1S/C21H26N4O/c1-15(26)24-19-6-5-16-3-4-18(20(16)13-19)14-25-11-7-17(8-12-25)21-22-9-2-10-23-21/h2,5-6,9-10,13,17-18H,3-4,7-8,11-12,14H2,1H3,(H,24,26). The Bertz CT molecular complexity index is 769. The molecule has 1 aromatic heterocycles. The van der Waals surface area contributed by atoms with E-state index in [1.54, 1.807) is 6.92 Å². The number of hydrogen-bond acceptors (Lipinski definition) is 4. The molecule has 0 spiro atoms. The third kappa shape index (κ3) is 3.78. The normalized spacial score (nSPS) is 20.7. The molecule has 1 aliphatic carbocycles. The van der Waals surface area contributed by atoms with Crippen LogP contribution in [-0.2, 0) is 11.2 Å². The lowest BCUT2D eigenvalue weighted by Gasteiger charge is -2.33. The number of carbonyl (C=O) groups is 1. The molecular weight excluding hydrogens is 324 g/mol. The first-order chi connectivity index (χ1) is 12.7. The first-order valence-electron chi connectivity index (χ1n) is 9.59. The number of nitrogens with one attached hydrogen (secondary N) is 1. The van der Waals surface area contributed by atoms with Crippen molar-refractivity contribution < 1.29 is 4.79 Å². The van der Waals surface area contributed by atoms with Crippen molar-refractivity contribution in [3.05, 3.63) is 53.6 Å². The van der Waals surface area contributed by atoms with Gasteiger partial charge in [0.2, 0.25) is 5.91 Å². The van der Waals surface area contributed by atoms with Gasteiger partial charge >= 0.3 is 0 Å². The van der Waals surface area contributed by atoms with Gasteiger partial charge in [-0.15, -0.1) is 0 Å². The summed E-state index contributed by atoms with van der Waals surface area (Å²) in [7, 11) is 0. The summed E-state index contributed by atoms with van der Waals surface area (Å²) in [5.74, 6) is 2.06. The van der Waals surface area contributed by atoms with E-state index in [4.69, 9.17) is 0 Å². The number of anilines is 1. The van der Waals surface area contributed by atoms with Crippen LogP contribution in [0.25, 0.3) is 0 Å². The van der Waals surface area contributed by atoms with Crippen LogP contribution in [0, 0.1) is 0 Å². The lowest BCUT2D eigenvalue weighted by molar-refractivity contribution is -0.114. The average molecular weight is 350 g/mol. The molecule has 2 heterocycles. The van der Waals surface area contributed by atoms with Crippen molar-refractivity contribution >= 4 is 11.6 Å². The van der Waals surface area contributed by atoms with Gasteiger partial charge in [-0.3, -0.25) is 4.79 Å². The molecule has 1 aliphatic heterocycles. The highest BCUT2D eigenvalue weighted by molar-refractivity contribution is 5.88. The Morgan fingerprint density at radius 3 is 2.69 bits per heavy atom. The maximum atomic E-state index is 11.3. The van der Waals surface area contributed by atoms with Crippen molar-refractivity contribution in [2.24, 2.45) is 0 Å². The van der Waals surface area contributed by atoms with E-state index in [-0.39, 0.29) is 5.91 Å². The summed E-state index contributed by atoms with van der Waals surface area (Å²) in [6, 6.07) is 8.26. The second-order valence-corrected chi connectivity index (χ2v) is 7.51. The topological polar surface area (TPSA) is 58.1 Å². The number of piperidine rings is 1. The van der Waals surface area contributed by atoms with Gasteiger partial charge < -0.3 is 10.2 Å². The Labute approximate surface area is 154 Å². The Hall–Kier alpha value is -2.27. The monoisotopic (exact) mass is 350 g/mol. The van der Waals surface area contributed by atoms with Gasteiger partial charge in [0.1, 0.15) is 5.82 Å². The van der Waals surface area contributed by atoms with Crippen LogP contribution in [0.3, 0.4) is 0 Å². The number of benzene rings is 1. The molecule has 0 radical (unpaired) electrons. The van der Waals surface area contributed by atoms with E-state index in [1.807, 2.05) is 24.5 Å². The highest BCUT2D eigenvalue weighted by Gasteiger charge is 2.28. The maximum absolute atomic E-state index is 11.3. The van der Waals surface area contributed by atoms with Crippen molar-refractivity contribution in [2.45, 2.75) is 44.4 Å². The predicted molar refractivity (Wildman–Crippen MR) is 102 cm³/mol. The molecule has 4 rings (SSSR count). The fourth-order valence-corrected chi connectivity index (χ4v) is 4.37. The molecule has 26 heavy (non-hydrogen) atoms. The van der Waals surface area contributed by atoms with E-state index >= 15 is 0 Å². The second-order valence-electron chi connectivity index (χ2n) is 7.51. The second kappa shape index (κ2) is 7.54. The van der Waals surface area contributed by atoms with Crippen LogP contribution in [0.1, 0.15) is 55.0 Å². The zero-order chi connectivity index (χ0) is 17.9. The SMILES string of the molecule is CC(=O)Nc1ccc2c(c1)C(CN1CCC(c3ncccn3)CC1)CC2. The Kier molecular flexibility index (Phi) is 4.98. The molecule has 1 N–H and O–H groups in total. The van der Waals surface area contributed by atoms with Gasteiger partial charge in [0.15, 0.2) is 0 Å². The minimum Gasteiger partial charge on any atom is -0.326 e. The van der Waals surface area contributed by atoms with Gasteiger partial charge in [0.25, 0.3) is 0 Å². The number of aromatic nitrogens is 2. The third-order valence-corrected chi connectivity index (χ3v) is 5.69. The molecule has 1 fully saturated rings. The zero-order valence-electron chi connectivity index (χ0n) is 15.3. The minimum absolute atomic E-state index is 0.00954. The van der Waals surface area contributed by atoms with E-state index in [2.05, 4.69) is 32.3 Å². The summed E-state index contributed by atoms with van der Waals surface area (Å²) >= 11 is 0. The van der Waals surface area contributed by atoms with E-state index < -0.39 is 0 Å². The van der Waals surface area contributed by atoms with Gasteiger partial charge in [0, 0.05) is 37.5 Å². The van der Waals surface area contributed by atoms with Crippen molar-refractivity contribution in [2.75, 3.05) is 25.0 Å². The van der Waals surface area contributed by atoms with E-state index in [0.717, 1.165) is 50.4 Å². The number of carbonyl (C=O) groups excluding carboxylic acids is 1. The maximum Gasteiger partial charge on any atom is 0.221 e. The largest absolute Gasteiger partial charge is 0.326 e. The van der Waals surface area contributed by atoms with Crippen LogP contribution >= 0.6 is 0 Å². The molecule has 1 atom stereocenters. The molecule has 0 saturated carbocycles. The van der Waals surface area contributed by atoms with Crippen LogP contribution in [0.5, 0.6) is 0 Å². The van der Waals surface area contributed by atoms with Crippen molar-refractivity contribution in [1.29, 1.82) is 0 Å². The summed E-state index contributed by atoms with van der Waals surface area (Å²) in [6.07, 6.45) is 8.31. The fourth-order valence-electron chi connectivity index (χ4n) is 4.37. The zero-order valence-corrected chi connectivity index (χ0v) is 15.3. The first-order valence-corrected chi connectivity index (χ1v) is 9.59. The van der Waals surface area contributed by atoms with Crippen LogP contribution in [0.2, 0.25) is 0 Å². The quantitative estimate of drug-likeness (QED) is 0.919. The summed E-state index contributed by atoms with van der Waals surface area (Å²) in [6.45, 7) is 4.89. The molecule has 2 aromatic rings. The molecule has 2 aliphatic rings. The van der Waals surface area contributed by atoms with Crippen molar-refractivity contribution in [3.8, 4) is 0 Å². The van der Waals surface area contributed by atoms with Crippen molar-refractivity contribution in [1.82, 2.24) is 14.9 Å². The molecule has 136 valence electrons. The molecular formula is C21H26N4O. The Morgan fingerprint density at radius 1 is 1.19 bits per heavy atom. The summed E-state index contributed by atoms with van der Waals surface area (Å²) < 4.78 is 0. The molecule has 5 heteroatoms. The molecule has 1 unspecified atom stereocenters. The number of fused-ring (bicyclic) bond motifs is 1. The lowest BCUT2D eigenvalue weighted by atomic mass is 9.94. The minimum atomic E-state index is -0.00954. The number of rotatable bonds is 4. The predicted octanol–water partition coefficient (Wildman–Crippen LogP) is 3.34. The number of nitrogens with zero attached hydrogens (tertiary/aromatic N) is 3. The molecule has 1 saturated heterocycles. The Morgan fingerprint density at radius 2 is 1.96 bits per heavy atom. The van der Waals surface area contributed by atoms with Crippen LogP contribution in [-0.4, -0.2) is 40.4 Å². The highest BCUT2D eigenvalue weighted by atomic mass is 16.1. The van der Waals surface area contributed by atoms with E-state index in [0.29, 0.717) is 11.8 Å². The first kappa shape index (κ1) is 17.2. The van der Waals surface area contributed by atoms with E-state index in [1.165, 1.54) is 17.5 Å². The Balaban J connectivity index is 1.37. The van der Waals surface area contributed by atoms with Crippen LogP contribution in [0.15, 0.2) is 36.7 Å². The lowest BCUT2D eigenvalue weighted by Crippen LogP contribution is -2.36. The molecule has 1 amide bonds. The van der Waals surface area contributed by atoms with E-state index in [9.17, 15) is 4.79 Å². The molecule has 1 aromatic carbocycles. The molecule has 5 nitrogen and oxygen atoms in total. The average Bonchev–Trinajstić information content (AvgIpc) is 3.05. The smallest absolute Gasteiger partial charge is 0.221 e. The summed E-state index contributed by atoms with van der Waals surface area (Å²) in [4.78, 5) is 22.8. The van der Waals surface area contributed by atoms with Crippen LogP contribution < -0.4 is 5.32 Å².